The van der Waals surface area contributed by atoms with Crippen molar-refractivity contribution in [3.63, 3.8) is 0 Å². The topological polar surface area (TPSA) is 64.1 Å². The number of hydrogen-bond acceptors (Lipinski definition) is 6. The van der Waals surface area contributed by atoms with Crippen molar-refractivity contribution in [1.82, 2.24) is 9.97 Å². The van der Waals surface area contributed by atoms with Crippen LogP contribution in [0.3, 0.4) is 0 Å². The van der Waals surface area contributed by atoms with E-state index in [1.54, 1.807) is 0 Å². The minimum Gasteiger partial charge on any atom is -0.395 e. The molecule has 0 fully saturated rings. The first kappa shape index (κ1) is 15.7. The van der Waals surface area contributed by atoms with Crippen molar-refractivity contribution in [3.05, 3.63) is 47.1 Å². The van der Waals surface area contributed by atoms with Gasteiger partial charge in [0.2, 0.25) is 0 Å². The van der Waals surface area contributed by atoms with Crippen LogP contribution in [-0.2, 0) is 24.1 Å². The summed E-state index contributed by atoms with van der Waals surface area (Å²) in [7, 11) is 0. The Balaban J connectivity index is 1.51. The average molecular weight is 329 g/mol. The van der Waals surface area contributed by atoms with Crippen molar-refractivity contribution in [2.24, 2.45) is 0 Å². The second-order valence-corrected chi connectivity index (χ2v) is 6.24. The zero-order valence-corrected chi connectivity index (χ0v) is 13.7. The summed E-state index contributed by atoms with van der Waals surface area (Å²) < 4.78 is 5.00. The first-order valence-corrected chi connectivity index (χ1v) is 8.64. The number of carbonyl (C=O) groups is 1. The first-order valence-electron chi connectivity index (χ1n) is 7.76. The van der Waals surface area contributed by atoms with Crippen molar-refractivity contribution in [2.75, 3.05) is 11.9 Å². The molecule has 1 aliphatic heterocycles. The fraction of sp³-hybridized carbons (Fsp3) is 0.353. The van der Waals surface area contributed by atoms with E-state index in [0.717, 1.165) is 55.5 Å². The van der Waals surface area contributed by atoms with E-state index in [9.17, 15) is 4.79 Å². The van der Waals surface area contributed by atoms with Crippen LogP contribution in [0.15, 0.2) is 30.2 Å². The molecule has 5 nitrogen and oxygen atoms in total. The minimum atomic E-state index is -0.475. The number of pyridine rings is 1. The maximum absolute atomic E-state index is 11.1. The lowest BCUT2D eigenvalue weighted by molar-refractivity contribution is -0.128. The molecule has 0 spiro atoms. The number of nitrogens with zero attached hydrogens (tertiary/aromatic N) is 2. The molecule has 1 N–H and O–H groups in total. The molecule has 2 aromatic heterocycles. The third kappa shape index (κ3) is 4.16. The van der Waals surface area contributed by atoms with Crippen molar-refractivity contribution in [2.45, 2.75) is 32.1 Å². The van der Waals surface area contributed by atoms with Crippen LogP contribution < -0.4 is 10.1 Å². The monoisotopic (exact) mass is 329 g/mol. The second-order valence-electron chi connectivity index (χ2n) is 5.42. The molecule has 3 rings (SSSR count). The number of nitrogens with one attached hydrogen (secondary N) is 1. The van der Waals surface area contributed by atoms with Gasteiger partial charge in [-0.1, -0.05) is 24.0 Å². The van der Waals surface area contributed by atoms with Gasteiger partial charge >= 0.3 is 5.97 Å². The van der Waals surface area contributed by atoms with Crippen LogP contribution in [0.5, 0.6) is 5.19 Å². The second kappa shape index (κ2) is 7.37. The van der Waals surface area contributed by atoms with E-state index < -0.39 is 5.97 Å². The standard InChI is InChI=1S/C17H19N3O2S/c1-2-15(21)22-17-20-14(11-23-17)7-3-6-13-9-8-12-5-4-10-18-16(12)19-13/h2,8-9,11H,1,3-7,10H2,(H,18,19). The number of hydrogen-bond donors (Lipinski definition) is 1. The smallest absolute Gasteiger partial charge is 0.337 e. The molecule has 1 aliphatic rings. The Labute approximate surface area is 139 Å². The van der Waals surface area contributed by atoms with E-state index in [2.05, 4.69) is 29.0 Å². The highest BCUT2D eigenvalue weighted by atomic mass is 32.1. The molecule has 2 aromatic rings. The Morgan fingerprint density at radius 3 is 3.09 bits per heavy atom. The normalized spacial score (nSPS) is 13.0. The van der Waals surface area contributed by atoms with E-state index in [1.165, 1.54) is 23.3 Å². The van der Waals surface area contributed by atoms with E-state index in [1.807, 2.05) is 5.38 Å². The number of rotatable bonds is 6. The molecule has 0 unspecified atom stereocenters. The number of esters is 1. The Morgan fingerprint density at radius 1 is 1.35 bits per heavy atom. The van der Waals surface area contributed by atoms with Crippen LogP contribution in [0.1, 0.15) is 29.8 Å². The van der Waals surface area contributed by atoms with Crippen molar-refractivity contribution in [3.8, 4) is 5.19 Å². The molecule has 0 radical (unpaired) electrons. The molecule has 0 saturated heterocycles. The number of fused-ring (bicyclic) bond motifs is 1. The average Bonchev–Trinajstić information content (AvgIpc) is 3.02. The molecular weight excluding hydrogens is 310 g/mol. The third-order valence-corrected chi connectivity index (χ3v) is 4.47. The zero-order valence-electron chi connectivity index (χ0n) is 12.9. The summed E-state index contributed by atoms with van der Waals surface area (Å²) >= 11 is 1.33. The molecule has 0 atom stereocenters. The molecule has 0 saturated carbocycles. The molecular formula is C17H19N3O2S. The molecule has 6 heteroatoms. The number of aromatic nitrogens is 2. The van der Waals surface area contributed by atoms with Crippen LogP contribution in [0.2, 0.25) is 0 Å². The van der Waals surface area contributed by atoms with Gasteiger partial charge in [-0.05, 0) is 43.7 Å². The Hall–Kier alpha value is -2.21. The molecule has 23 heavy (non-hydrogen) atoms. The number of anilines is 1. The van der Waals surface area contributed by atoms with Gasteiger partial charge in [0.1, 0.15) is 5.82 Å². The predicted molar refractivity (Wildman–Crippen MR) is 91.0 cm³/mol. The van der Waals surface area contributed by atoms with Gasteiger partial charge in [-0.2, -0.15) is 0 Å². The van der Waals surface area contributed by atoms with Crippen LogP contribution in [-0.4, -0.2) is 22.5 Å². The highest BCUT2D eigenvalue weighted by Gasteiger charge is 2.10. The number of ether oxygens (including phenoxy) is 1. The Morgan fingerprint density at radius 2 is 2.22 bits per heavy atom. The predicted octanol–water partition coefficient (Wildman–Crippen LogP) is 3.16. The van der Waals surface area contributed by atoms with Crippen LogP contribution in [0.4, 0.5) is 5.82 Å². The summed E-state index contributed by atoms with van der Waals surface area (Å²) in [5.74, 6) is 0.567. The Kier molecular flexibility index (Phi) is 5.02. The minimum absolute atomic E-state index is 0.376. The molecule has 0 amide bonds. The van der Waals surface area contributed by atoms with Gasteiger partial charge < -0.3 is 10.1 Å². The summed E-state index contributed by atoms with van der Waals surface area (Å²) in [5.41, 5.74) is 3.36. The number of aryl methyl sites for hydroxylation is 3. The van der Waals surface area contributed by atoms with Gasteiger partial charge in [-0.3, -0.25) is 0 Å². The van der Waals surface area contributed by atoms with Gasteiger partial charge in [0.05, 0.1) is 5.69 Å². The van der Waals surface area contributed by atoms with Gasteiger partial charge in [0, 0.05) is 23.7 Å². The highest BCUT2D eigenvalue weighted by molar-refractivity contribution is 7.11. The van der Waals surface area contributed by atoms with Gasteiger partial charge in [0.15, 0.2) is 0 Å². The number of carbonyl (C=O) groups excluding carboxylic acids is 1. The van der Waals surface area contributed by atoms with E-state index in [0.29, 0.717) is 5.19 Å². The third-order valence-electron chi connectivity index (χ3n) is 3.70. The lowest BCUT2D eigenvalue weighted by Gasteiger charge is -2.17. The lowest BCUT2D eigenvalue weighted by Crippen LogP contribution is -2.14. The summed E-state index contributed by atoms with van der Waals surface area (Å²) in [5, 5.41) is 5.66. The van der Waals surface area contributed by atoms with Crippen molar-refractivity contribution in [1.29, 1.82) is 0 Å². The highest BCUT2D eigenvalue weighted by Crippen LogP contribution is 2.22. The molecule has 0 aliphatic carbocycles. The van der Waals surface area contributed by atoms with E-state index in [4.69, 9.17) is 9.72 Å². The van der Waals surface area contributed by atoms with Crippen LogP contribution >= 0.6 is 11.3 Å². The summed E-state index contributed by atoms with van der Waals surface area (Å²) in [6, 6.07) is 4.30. The quantitative estimate of drug-likeness (QED) is 0.651. The largest absolute Gasteiger partial charge is 0.395 e. The maximum Gasteiger partial charge on any atom is 0.337 e. The molecule has 3 heterocycles. The van der Waals surface area contributed by atoms with Gasteiger partial charge in [-0.25, -0.2) is 14.8 Å². The summed E-state index contributed by atoms with van der Waals surface area (Å²) in [4.78, 5) is 20.1. The lowest BCUT2D eigenvalue weighted by atomic mass is 10.1. The molecule has 120 valence electrons. The van der Waals surface area contributed by atoms with Crippen LogP contribution in [0.25, 0.3) is 0 Å². The molecule has 0 aromatic carbocycles. The van der Waals surface area contributed by atoms with Crippen LogP contribution in [0, 0.1) is 0 Å². The first-order chi connectivity index (χ1) is 11.2. The van der Waals surface area contributed by atoms with Gasteiger partial charge in [0.25, 0.3) is 5.19 Å². The summed E-state index contributed by atoms with van der Waals surface area (Å²) in [6.45, 7) is 4.38. The fourth-order valence-electron chi connectivity index (χ4n) is 2.54. The number of thiazole rings is 1. The maximum atomic E-state index is 11.1. The van der Waals surface area contributed by atoms with Crippen molar-refractivity contribution < 1.29 is 9.53 Å². The summed E-state index contributed by atoms with van der Waals surface area (Å²) in [6.07, 6.45) is 6.14. The zero-order chi connectivity index (χ0) is 16.1. The fourth-order valence-corrected chi connectivity index (χ4v) is 3.24. The van der Waals surface area contributed by atoms with Gasteiger partial charge in [-0.15, -0.1) is 0 Å². The molecule has 0 bridgehead atoms. The SMILES string of the molecule is C=CC(=O)Oc1nc(CCCc2ccc3c(n2)NCCC3)cs1. The van der Waals surface area contributed by atoms with E-state index >= 15 is 0 Å². The van der Waals surface area contributed by atoms with Crippen molar-refractivity contribution >= 4 is 23.1 Å². The Bertz CT molecular complexity index is 712. The van der Waals surface area contributed by atoms with E-state index in [-0.39, 0.29) is 0 Å².